The summed E-state index contributed by atoms with van der Waals surface area (Å²) in [4.78, 5) is 41.5. The number of aryl methyl sites for hydroxylation is 1. The molecular weight excluding hydrogens is 496 g/mol. The number of hydrogen-bond acceptors (Lipinski definition) is 10. The number of benzene rings is 1. The van der Waals surface area contributed by atoms with Crippen LogP contribution in [-0.4, -0.2) is 85.9 Å². The highest BCUT2D eigenvalue weighted by atomic mass is 32.1. The Bertz CT molecular complexity index is 1260. The van der Waals surface area contributed by atoms with Crippen molar-refractivity contribution in [1.29, 1.82) is 0 Å². The molecule has 3 aromatic rings. The first-order chi connectivity index (χ1) is 17.8. The van der Waals surface area contributed by atoms with Crippen LogP contribution in [0.5, 0.6) is 0 Å². The molecule has 1 aliphatic rings. The Labute approximate surface area is 218 Å². The number of carbonyl (C=O) groups is 2. The SMILES string of the molecule is CCN(CCO)C(=O)c1ccc(-c2cc(N3CCC(O)CC3)nc(Nc3nc(C)c(C(=O)O)s3)n2)cc1. The van der Waals surface area contributed by atoms with Crippen LogP contribution in [0.2, 0.25) is 0 Å². The zero-order chi connectivity index (χ0) is 26.5. The largest absolute Gasteiger partial charge is 0.477 e. The van der Waals surface area contributed by atoms with Gasteiger partial charge in [0.2, 0.25) is 5.95 Å². The van der Waals surface area contributed by atoms with E-state index in [1.807, 2.05) is 25.1 Å². The molecule has 3 heterocycles. The summed E-state index contributed by atoms with van der Waals surface area (Å²) < 4.78 is 0. The predicted molar refractivity (Wildman–Crippen MR) is 141 cm³/mol. The van der Waals surface area contributed by atoms with Gasteiger partial charge in [0, 0.05) is 43.4 Å². The molecular formula is C25H30N6O5S. The van der Waals surface area contributed by atoms with Crippen molar-refractivity contribution in [1.82, 2.24) is 19.9 Å². The van der Waals surface area contributed by atoms with Crippen LogP contribution in [0.25, 0.3) is 11.3 Å². The Kier molecular flexibility index (Phi) is 8.31. The molecule has 1 aromatic carbocycles. The quantitative estimate of drug-likeness (QED) is 0.327. The molecule has 0 unspecified atom stereocenters. The molecule has 12 heteroatoms. The topological polar surface area (TPSA) is 152 Å². The number of amides is 1. The number of piperidine rings is 1. The number of nitrogens with one attached hydrogen (secondary N) is 1. The molecule has 0 radical (unpaired) electrons. The van der Waals surface area contributed by atoms with E-state index in [1.165, 1.54) is 0 Å². The third-order valence-corrected chi connectivity index (χ3v) is 7.24. The van der Waals surface area contributed by atoms with Crippen LogP contribution in [0.1, 0.15) is 45.5 Å². The Hall–Kier alpha value is -3.61. The summed E-state index contributed by atoms with van der Waals surface area (Å²) in [5, 5.41) is 31.9. The third-order valence-electron chi connectivity index (χ3n) is 6.18. The number of rotatable bonds is 9. The number of carbonyl (C=O) groups excluding carboxylic acids is 1. The summed E-state index contributed by atoms with van der Waals surface area (Å²) in [7, 11) is 0. The number of aliphatic hydroxyl groups is 2. The van der Waals surface area contributed by atoms with Crippen molar-refractivity contribution < 1.29 is 24.9 Å². The van der Waals surface area contributed by atoms with Crippen LogP contribution < -0.4 is 10.2 Å². The number of carboxylic acids is 1. The number of likely N-dealkylation sites (N-methyl/N-ethyl adjacent to an activating group) is 1. The van der Waals surface area contributed by atoms with E-state index in [-0.39, 0.29) is 36.0 Å². The second-order valence-electron chi connectivity index (χ2n) is 8.70. The minimum Gasteiger partial charge on any atom is -0.477 e. The predicted octanol–water partition coefficient (Wildman–Crippen LogP) is 2.77. The van der Waals surface area contributed by atoms with Gasteiger partial charge in [0.05, 0.1) is 24.1 Å². The molecule has 196 valence electrons. The van der Waals surface area contributed by atoms with E-state index in [0.717, 1.165) is 16.9 Å². The number of aromatic nitrogens is 3. The maximum atomic E-state index is 12.7. The van der Waals surface area contributed by atoms with Crippen molar-refractivity contribution in [2.75, 3.05) is 43.0 Å². The average Bonchev–Trinajstić information content (AvgIpc) is 3.27. The normalized spacial score (nSPS) is 14.0. The van der Waals surface area contributed by atoms with Gasteiger partial charge in [0.15, 0.2) is 5.13 Å². The molecule has 1 fully saturated rings. The number of carboxylic acid groups (broad SMARTS) is 1. The van der Waals surface area contributed by atoms with Crippen molar-refractivity contribution >= 4 is 40.1 Å². The van der Waals surface area contributed by atoms with Crippen LogP contribution in [0.15, 0.2) is 30.3 Å². The highest BCUT2D eigenvalue weighted by Gasteiger charge is 2.21. The first-order valence-corrected chi connectivity index (χ1v) is 12.9. The number of anilines is 3. The second-order valence-corrected chi connectivity index (χ2v) is 9.70. The Morgan fingerprint density at radius 3 is 2.46 bits per heavy atom. The minimum absolute atomic E-state index is 0.0999. The van der Waals surface area contributed by atoms with E-state index in [1.54, 1.807) is 24.0 Å². The standard InChI is InChI=1S/C25H30N6O5S/c1-3-30(12-13-32)22(34)17-6-4-16(5-7-17)19-14-20(31-10-8-18(33)9-11-31)28-24(27-19)29-25-26-15(2)21(37-25)23(35)36/h4-7,14,18,32-33H,3,8-13H2,1-2H3,(H,35,36)(H,26,27,28,29). The van der Waals surface area contributed by atoms with Gasteiger partial charge in [-0.3, -0.25) is 10.1 Å². The lowest BCUT2D eigenvalue weighted by Gasteiger charge is -2.30. The molecule has 4 N–H and O–H groups in total. The van der Waals surface area contributed by atoms with E-state index in [4.69, 9.17) is 0 Å². The molecule has 4 rings (SSSR count). The molecule has 1 aliphatic heterocycles. The lowest BCUT2D eigenvalue weighted by Crippen LogP contribution is -2.36. The average molecular weight is 527 g/mol. The van der Waals surface area contributed by atoms with E-state index in [9.17, 15) is 24.9 Å². The minimum atomic E-state index is -1.04. The smallest absolute Gasteiger partial charge is 0.347 e. The van der Waals surface area contributed by atoms with Crippen molar-refractivity contribution in [3.63, 3.8) is 0 Å². The highest BCUT2D eigenvalue weighted by molar-refractivity contribution is 7.17. The van der Waals surface area contributed by atoms with Gasteiger partial charge < -0.3 is 25.1 Å². The van der Waals surface area contributed by atoms with Crippen molar-refractivity contribution in [2.24, 2.45) is 0 Å². The van der Waals surface area contributed by atoms with Crippen LogP contribution in [0.4, 0.5) is 16.9 Å². The maximum absolute atomic E-state index is 12.7. The summed E-state index contributed by atoms with van der Waals surface area (Å²) in [6.45, 7) is 5.44. The lowest BCUT2D eigenvalue weighted by atomic mass is 10.1. The van der Waals surface area contributed by atoms with Gasteiger partial charge in [-0.15, -0.1) is 0 Å². The molecule has 0 spiro atoms. The monoisotopic (exact) mass is 526 g/mol. The van der Waals surface area contributed by atoms with Crippen LogP contribution >= 0.6 is 11.3 Å². The fourth-order valence-electron chi connectivity index (χ4n) is 4.13. The summed E-state index contributed by atoms with van der Waals surface area (Å²) in [5.74, 6) is -0.259. The molecule has 2 aromatic heterocycles. The summed E-state index contributed by atoms with van der Waals surface area (Å²) in [6, 6.07) is 8.94. The molecule has 0 aliphatic carbocycles. The molecule has 0 atom stereocenters. The number of aromatic carboxylic acids is 1. The van der Waals surface area contributed by atoms with Crippen LogP contribution in [-0.2, 0) is 0 Å². The third kappa shape index (κ3) is 6.21. The fourth-order valence-corrected chi connectivity index (χ4v) is 4.93. The van der Waals surface area contributed by atoms with E-state index in [0.29, 0.717) is 60.4 Å². The summed E-state index contributed by atoms with van der Waals surface area (Å²) in [5.41, 5.74) is 2.30. The van der Waals surface area contributed by atoms with Crippen molar-refractivity contribution in [2.45, 2.75) is 32.8 Å². The van der Waals surface area contributed by atoms with E-state index < -0.39 is 5.97 Å². The van der Waals surface area contributed by atoms with E-state index >= 15 is 0 Å². The first-order valence-electron chi connectivity index (χ1n) is 12.1. The zero-order valence-corrected chi connectivity index (χ0v) is 21.5. The number of thiazole rings is 1. The van der Waals surface area contributed by atoms with Gasteiger partial charge in [-0.05, 0) is 38.8 Å². The van der Waals surface area contributed by atoms with Crippen LogP contribution in [0.3, 0.4) is 0 Å². The van der Waals surface area contributed by atoms with Gasteiger partial charge in [-0.1, -0.05) is 23.5 Å². The Morgan fingerprint density at radius 2 is 1.86 bits per heavy atom. The van der Waals surface area contributed by atoms with Gasteiger partial charge in [-0.25, -0.2) is 14.8 Å². The number of nitrogens with zero attached hydrogens (tertiary/aromatic N) is 5. The zero-order valence-electron chi connectivity index (χ0n) is 20.7. The van der Waals surface area contributed by atoms with Gasteiger partial charge in [0.1, 0.15) is 10.7 Å². The molecule has 0 saturated carbocycles. The Balaban J connectivity index is 1.66. The van der Waals surface area contributed by atoms with E-state index in [2.05, 4.69) is 25.2 Å². The molecule has 0 bridgehead atoms. The molecule has 1 saturated heterocycles. The van der Waals surface area contributed by atoms with Crippen molar-refractivity contribution in [3.05, 3.63) is 46.5 Å². The maximum Gasteiger partial charge on any atom is 0.347 e. The Morgan fingerprint density at radius 1 is 1.16 bits per heavy atom. The van der Waals surface area contributed by atoms with Crippen molar-refractivity contribution in [3.8, 4) is 11.3 Å². The summed E-state index contributed by atoms with van der Waals surface area (Å²) >= 11 is 1.01. The number of aliphatic hydroxyl groups excluding tert-OH is 2. The number of hydrogen-bond donors (Lipinski definition) is 4. The second kappa shape index (κ2) is 11.6. The summed E-state index contributed by atoms with van der Waals surface area (Å²) in [6.07, 6.45) is 0.935. The first kappa shape index (κ1) is 26.5. The van der Waals surface area contributed by atoms with Crippen LogP contribution in [0, 0.1) is 6.92 Å². The van der Waals surface area contributed by atoms with Gasteiger partial charge >= 0.3 is 5.97 Å². The van der Waals surface area contributed by atoms with Gasteiger partial charge in [-0.2, -0.15) is 4.98 Å². The molecule has 1 amide bonds. The molecule has 11 nitrogen and oxygen atoms in total. The highest BCUT2D eigenvalue weighted by Crippen LogP contribution is 2.29. The lowest BCUT2D eigenvalue weighted by molar-refractivity contribution is 0.0699. The fraction of sp³-hybridized carbons (Fsp3) is 0.400. The molecule has 37 heavy (non-hydrogen) atoms. The van der Waals surface area contributed by atoms with Gasteiger partial charge in [0.25, 0.3) is 5.91 Å².